The highest BCUT2D eigenvalue weighted by molar-refractivity contribution is 14.1. The summed E-state index contributed by atoms with van der Waals surface area (Å²) in [5.41, 5.74) is 0.683. The van der Waals surface area contributed by atoms with Crippen molar-refractivity contribution in [3.8, 4) is 0 Å². The maximum atomic E-state index is 12.3. The van der Waals surface area contributed by atoms with E-state index >= 15 is 0 Å². The van der Waals surface area contributed by atoms with Crippen molar-refractivity contribution in [2.75, 3.05) is 5.32 Å². The average Bonchev–Trinajstić information content (AvgIpc) is 3.01. The molecule has 0 saturated carbocycles. The third-order valence-corrected chi connectivity index (χ3v) is 4.69. The van der Waals surface area contributed by atoms with Gasteiger partial charge in [-0.2, -0.15) is 0 Å². The summed E-state index contributed by atoms with van der Waals surface area (Å²) in [7, 11) is 0. The maximum absolute atomic E-state index is 12.3. The van der Waals surface area contributed by atoms with Crippen molar-refractivity contribution in [3.63, 3.8) is 0 Å². The second-order valence-corrected chi connectivity index (χ2v) is 6.42. The molecule has 0 aliphatic carbocycles. The van der Waals surface area contributed by atoms with Crippen LogP contribution >= 0.6 is 22.6 Å². The molecule has 1 aromatic carbocycles. The minimum atomic E-state index is -0.944. The second kappa shape index (κ2) is 5.33. The van der Waals surface area contributed by atoms with Gasteiger partial charge in [0.15, 0.2) is 0 Å². The van der Waals surface area contributed by atoms with Crippen molar-refractivity contribution in [2.45, 2.75) is 25.0 Å². The Hall–Kier alpha value is -1.15. The molecule has 0 spiro atoms. The first-order valence-corrected chi connectivity index (χ1v) is 7.59. The van der Waals surface area contributed by atoms with Gasteiger partial charge in [-0.25, -0.2) is 0 Å². The average molecular weight is 387 g/mol. The molecule has 4 atom stereocenters. The number of aliphatic carboxylic acids is 1. The molecular formula is C14H14INO4. The Bertz CT molecular complexity index is 545. The summed E-state index contributed by atoms with van der Waals surface area (Å²) >= 11 is 2.18. The lowest BCUT2D eigenvalue weighted by atomic mass is 9.78. The largest absolute Gasteiger partial charge is 0.481 e. The summed E-state index contributed by atoms with van der Waals surface area (Å²) in [6.45, 7) is 0. The van der Waals surface area contributed by atoms with Crippen LogP contribution in [0.2, 0.25) is 0 Å². The number of carbonyl (C=O) groups excluding carboxylic acids is 1. The Kier molecular flexibility index (Phi) is 3.68. The lowest BCUT2D eigenvalue weighted by Crippen LogP contribution is -2.40. The molecule has 6 heteroatoms. The van der Waals surface area contributed by atoms with Crippen LogP contribution < -0.4 is 5.32 Å². The van der Waals surface area contributed by atoms with Crippen LogP contribution in [-0.4, -0.2) is 29.2 Å². The van der Waals surface area contributed by atoms with E-state index in [1.807, 2.05) is 24.3 Å². The van der Waals surface area contributed by atoms with Gasteiger partial charge < -0.3 is 15.2 Å². The van der Waals surface area contributed by atoms with Crippen LogP contribution in [0.4, 0.5) is 5.69 Å². The Morgan fingerprint density at radius 2 is 1.75 bits per heavy atom. The molecule has 20 heavy (non-hydrogen) atoms. The number of amides is 1. The molecule has 2 saturated heterocycles. The van der Waals surface area contributed by atoms with Gasteiger partial charge in [0.2, 0.25) is 5.91 Å². The summed E-state index contributed by atoms with van der Waals surface area (Å²) in [5.74, 6) is -2.52. The Labute approximate surface area is 129 Å². The molecule has 3 rings (SSSR count). The first-order valence-electron chi connectivity index (χ1n) is 6.51. The van der Waals surface area contributed by atoms with Crippen molar-refractivity contribution < 1.29 is 19.4 Å². The summed E-state index contributed by atoms with van der Waals surface area (Å²) in [5, 5.41) is 12.1. The number of anilines is 1. The maximum Gasteiger partial charge on any atom is 0.310 e. The molecule has 106 valence electrons. The zero-order valence-corrected chi connectivity index (χ0v) is 12.7. The summed E-state index contributed by atoms with van der Waals surface area (Å²) < 4.78 is 6.67. The van der Waals surface area contributed by atoms with E-state index in [0.717, 1.165) is 16.4 Å². The van der Waals surface area contributed by atoms with Crippen LogP contribution in [-0.2, 0) is 14.3 Å². The van der Waals surface area contributed by atoms with Gasteiger partial charge in [-0.05, 0) is 59.7 Å². The minimum absolute atomic E-state index is 0.259. The zero-order chi connectivity index (χ0) is 14.3. The number of carboxylic acids is 1. The molecule has 1 aromatic rings. The second-order valence-electron chi connectivity index (χ2n) is 5.18. The normalized spacial score (nSPS) is 31.2. The minimum Gasteiger partial charge on any atom is -0.481 e. The highest BCUT2D eigenvalue weighted by Gasteiger charge is 2.55. The van der Waals surface area contributed by atoms with Crippen molar-refractivity contribution >= 4 is 40.2 Å². The number of fused-ring (bicyclic) bond motifs is 2. The predicted octanol–water partition coefficient (Wildman–Crippen LogP) is 2.11. The lowest BCUT2D eigenvalue weighted by molar-refractivity contribution is -0.147. The van der Waals surface area contributed by atoms with Crippen LogP contribution in [0.15, 0.2) is 24.3 Å². The monoisotopic (exact) mass is 387 g/mol. The van der Waals surface area contributed by atoms with Crippen LogP contribution in [0.5, 0.6) is 0 Å². The van der Waals surface area contributed by atoms with Gasteiger partial charge in [0, 0.05) is 9.26 Å². The molecular weight excluding hydrogens is 373 g/mol. The van der Waals surface area contributed by atoms with E-state index in [0.29, 0.717) is 5.69 Å². The Morgan fingerprint density at radius 1 is 1.15 bits per heavy atom. The van der Waals surface area contributed by atoms with E-state index < -0.39 is 17.8 Å². The predicted molar refractivity (Wildman–Crippen MR) is 80.3 cm³/mol. The quantitative estimate of drug-likeness (QED) is 0.780. The Balaban J connectivity index is 1.76. The third-order valence-electron chi connectivity index (χ3n) is 3.97. The van der Waals surface area contributed by atoms with Crippen molar-refractivity contribution in [3.05, 3.63) is 27.8 Å². The molecule has 2 bridgehead atoms. The molecule has 1 amide bonds. The fraction of sp³-hybridized carbons (Fsp3) is 0.429. The van der Waals surface area contributed by atoms with Gasteiger partial charge in [0.1, 0.15) is 0 Å². The van der Waals surface area contributed by atoms with Gasteiger partial charge in [-0.1, -0.05) is 0 Å². The van der Waals surface area contributed by atoms with Crippen molar-refractivity contribution in [1.29, 1.82) is 0 Å². The summed E-state index contributed by atoms with van der Waals surface area (Å²) in [4.78, 5) is 23.7. The molecule has 0 unspecified atom stereocenters. The number of ether oxygens (including phenoxy) is 1. The van der Waals surface area contributed by atoms with E-state index in [4.69, 9.17) is 4.74 Å². The number of carbonyl (C=O) groups is 2. The van der Waals surface area contributed by atoms with E-state index in [1.54, 1.807) is 0 Å². The summed E-state index contributed by atoms with van der Waals surface area (Å²) in [6, 6.07) is 7.40. The van der Waals surface area contributed by atoms with Gasteiger partial charge in [-0.15, -0.1) is 0 Å². The number of nitrogens with one attached hydrogen (secondary N) is 1. The number of rotatable bonds is 3. The molecule has 5 nitrogen and oxygen atoms in total. The first kappa shape index (κ1) is 13.8. The molecule has 2 N–H and O–H groups in total. The first-order chi connectivity index (χ1) is 9.56. The SMILES string of the molecule is O=C(Nc1ccc(I)cc1)[C@@H]1[C@H](C(=O)O)[C@@H]2CC[C@H]1O2. The fourth-order valence-corrected chi connectivity index (χ4v) is 3.44. The van der Waals surface area contributed by atoms with E-state index in [1.165, 1.54) is 0 Å². The molecule has 0 radical (unpaired) electrons. The topological polar surface area (TPSA) is 75.6 Å². The van der Waals surface area contributed by atoms with Gasteiger partial charge >= 0.3 is 5.97 Å². The van der Waals surface area contributed by atoms with Crippen LogP contribution in [0.25, 0.3) is 0 Å². The van der Waals surface area contributed by atoms with Crippen molar-refractivity contribution in [1.82, 2.24) is 0 Å². The number of hydrogen-bond donors (Lipinski definition) is 2. The van der Waals surface area contributed by atoms with Crippen LogP contribution in [0, 0.1) is 15.4 Å². The van der Waals surface area contributed by atoms with E-state index in [-0.39, 0.29) is 18.1 Å². The zero-order valence-electron chi connectivity index (χ0n) is 10.6. The van der Waals surface area contributed by atoms with E-state index in [2.05, 4.69) is 27.9 Å². The lowest BCUT2D eigenvalue weighted by Gasteiger charge is -2.23. The number of benzene rings is 1. The van der Waals surface area contributed by atoms with E-state index in [9.17, 15) is 14.7 Å². The third kappa shape index (κ3) is 2.42. The van der Waals surface area contributed by atoms with Gasteiger partial charge in [-0.3, -0.25) is 9.59 Å². The number of halogens is 1. The van der Waals surface area contributed by atoms with Crippen LogP contribution in [0.1, 0.15) is 12.8 Å². The Morgan fingerprint density at radius 3 is 2.35 bits per heavy atom. The van der Waals surface area contributed by atoms with Crippen molar-refractivity contribution in [2.24, 2.45) is 11.8 Å². The fourth-order valence-electron chi connectivity index (χ4n) is 3.08. The molecule has 0 aromatic heterocycles. The highest BCUT2D eigenvalue weighted by Crippen LogP contribution is 2.44. The standard InChI is InChI=1S/C14H14INO4/c15-7-1-3-8(4-2-7)16-13(17)11-9-5-6-10(20-9)12(11)14(18)19/h1-4,9-12H,5-6H2,(H,16,17)(H,18,19)/t9-,10+,11+,12-/m1/s1. The highest BCUT2D eigenvalue weighted by atomic mass is 127. The van der Waals surface area contributed by atoms with Gasteiger partial charge in [0.25, 0.3) is 0 Å². The molecule has 2 heterocycles. The van der Waals surface area contributed by atoms with Gasteiger partial charge in [0.05, 0.1) is 24.0 Å². The summed E-state index contributed by atoms with van der Waals surface area (Å²) in [6.07, 6.45) is 0.920. The molecule has 2 aliphatic heterocycles. The van der Waals surface area contributed by atoms with Crippen LogP contribution in [0.3, 0.4) is 0 Å². The molecule has 2 fully saturated rings. The number of carboxylic acid groups (broad SMARTS) is 1. The number of hydrogen-bond acceptors (Lipinski definition) is 3. The molecule has 2 aliphatic rings. The smallest absolute Gasteiger partial charge is 0.310 e.